The Labute approximate surface area is 91.9 Å². The predicted molar refractivity (Wildman–Crippen MR) is 49.9 cm³/mol. The SMILES string of the molecule is O=[N+]([O-])c1ccc(C(F)([N+](=O)[O-])[N+](=O)[O-])cc1. The van der Waals surface area contributed by atoms with Crippen LogP contribution in [0.3, 0.4) is 0 Å². The standard InChI is InChI=1S/C7H4FN3O6/c8-7(10(14)15,11(16)17)5-1-3-6(4-2-5)9(12)13/h1-4H. The monoisotopic (exact) mass is 245 g/mol. The molecule has 0 spiro atoms. The lowest BCUT2D eigenvalue weighted by atomic mass is 10.1. The van der Waals surface area contributed by atoms with Crippen molar-refractivity contribution >= 4 is 5.69 Å². The molecule has 1 aromatic carbocycles. The fourth-order valence-corrected chi connectivity index (χ4v) is 1.07. The predicted octanol–water partition coefficient (Wildman–Crippen LogP) is 1.23. The second kappa shape index (κ2) is 4.08. The minimum atomic E-state index is -4.00. The Morgan fingerprint density at radius 1 is 0.941 bits per heavy atom. The van der Waals surface area contributed by atoms with Crippen LogP contribution in [0.1, 0.15) is 5.56 Å². The average Bonchev–Trinajstić information content (AvgIpc) is 2.27. The van der Waals surface area contributed by atoms with Gasteiger partial charge >= 0.3 is 5.92 Å². The molecule has 0 aromatic heterocycles. The third kappa shape index (κ3) is 2.00. The van der Waals surface area contributed by atoms with Crippen LogP contribution in [0.5, 0.6) is 0 Å². The molecule has 0 bridgehead atoms. The third-order valence-electron chi connectivity index (χ3n) is 1.93. The molecular formula is C7H4FN3O6. The molecule has 0 unspecified atom stereocenters. The van der Waals surface area contributed by atoms with E-state index in [0.717, 1.165) is 12.1 Å². The molecule has 0 N–H and O–H groups in total. The number of nitrogens with zero attached hydrogens (tertiary/aromatic N) is 3. The van der Waals surface area contributed by atoms with E-state index in [9.17, 15) is 34.7 Å². The molecule has 1 rings (SSSR count). The second-order valence-electron chi connectivity index (χ2n) is 2.91. The van der Waals surface area contributed by atoms with Gasteiger partial charge in [-0.1, -0.05) is 4.39 Å². The topological polar surface area (TPSA) is 129 Å². The Morgan fingerprint density at radius 3 is 1.65 bits per heavy atom. The molecule has 10 heteroatoms. The van der Waals surface area contributed by atoms with Gasteiger partial charge in [0, 0.05) is 12.1 Å². The number of rotatable bonds is 4. The summed E-state index contributed by atoms with van der Waals surface area (Å²) in [7, 11) is 0. The lowest BCUT2D eigenvalue weighted by molar-refractivity contribution is -0.846. The molecule has 0 fully saturated rings. The van der Waals surface area contributed by atoms with E-state index < -0.39 is 31.9 Å². The quantitative estimate of drug-likeness (QED) is 0.339. The summed E-state index contributed by atoms with van der Waals surface area (Å²) in [6.07, 6.45) is 0. The van der Waals surface area contributed by atoms with Crippen LogP contribution in [0.4, 0.5) is 10.1 Å². The summed E-state index contributed by atoms with van der Waals surface area (Å²) in [5.74, 6) is -4.00. The zero-order valence-electron chi connectivity index (χ0n) is 7.98. The molecule has 90 valence electrons. The fourth-order valence-electron chi connectivity index (χ4n) is 1.07. The van der Waals surface area contributed by atoms with Gasteiger partial charge in [0.2, 0.25) is 0 Å². The molecule has 0 saturated heterocycles. The van der Waals surface area contributed by atoms with E-state index in [1.807, 2.05) is 0 Å². The minimum Gasteiger partial charge on any atom is -0.258 e. The number of nitro groups is 3. The van der Waals surface area contributed by atoms with Crippen molar-refractivity contribution in [2.75, 3.05) is 0 Å². The van der Waals surface area contributed by atoms with E-state index in [4.69, 9.17) is 0 Å². The number of non-ortho nitro benzene ring substituents is 1. The Hall–Kier alpha value is -2.65. The molecule has 0 aliphatic rings. The van der Waals surface area contributed by atoms with Crippen LogP contribution >= 0.6 is 0 Å². The van der Waals surface area contributed by atoms with Crippen LogP contribution in [0, 0.1) is 30.3 Å². The van der Waals surface area contributed by atoms with E-state index in [-0.39, 0.29) is 0 Å². The minimum absolute atomic E-state index is 0.456. The number of alkyl halides is 1. The van der Waals surface area contributed by atoms with Crippen molar-refractivity contribution in [1.29, 1.82) is 0 Å². The zero-order valence-corrected chi connectivity index (χ0v) is 7.98. The number of hydrogen-bond acceptors (Lipinski definition) is 6. The summed E-state index contributed by atoms with van der Waals surface area (Å²) in [5, 5.41) is 30.9. The maximum Gasteiger partial charge on any atom is 0.642 e. The third-order valence-corrected chi connectivity index (χ3v) is 1.93. The first-order valence-corrected chi connectivity index (χ1v) is 4.03. The van der Waals surface area contributed by atoms with Crippen LogP contribution in [-0.4, -0.2) is 14.8 Å². The Kier molecular flexibility index (Phi) is 2.98. The number of hydrogen-bond donors (Lipinski definition) is 0. The van der Waals surface area contributed by atoms with Gasteiger partial charge in [-0.25, -0.2) is 0 Å². The highest BCUT2D eigenvalue weighted by Gasteiger charge is 2.60. The van der Waals surface area contributed by atoms with Gasteiger partial charge in [0.25, 0.3) is 5.69 Å². The van der Waals surface area contributed by atoms with Crippen LogP contribution in [0.2, 0.25) is 0 Å². The second-order valence-corrected chi connectivity index (χ2v) is 2.91. The first kappa shape index (κ1) is 12.4. The number of benzene rings is 1. The Bertz CT molecular complexity index is 473. The van der Waals surface area contributed by atoms with Crippen molar-refractivity contribution in [1.82, 2.24) is 0 Å². The molecule has 0 radical (unpaired) electrons. The first-order valence-electron chi connectivity index (χ1n) is 4.03. The highest BCUT2D eigenvalue weighted by molar-refractivity contribution is 5.33. The van der Waals surface area contributed by atoms with Crippen molar-refractivity contribution in [3.8, 4) is 0 Å². The van der Waals surface area contributed by atoms with Crippen molar-refractivity contribution < 1.29 is 19.2 Å². The fraction of sp³-hybridized carbons (Fsp3) is 0.143. The van der Waals surface area contributed by atoms with Crippen LogP contribution < -0.4 is 0 Å². The Morgan fingerprint density at radius 2 is 1.35 bits per heavy atom. The largest absolute Gasteiger partial charge is 0.642 e. The molecule has 0 amide bonds. The summed E-state index contributed by atoms with van der Waals surface area (Å²) >= 11 is 0. The van der Waals surface area contributed by atoms with Gasteiger partial charge in [0.15, 0.2) is 0 Å². The van der Waals surface area contributed by atoms with E-state index in [0.29, 0.717) is 12.1 Å². The lowest BCUT2D eigenvalue weighted by Gasteiger charge is -2.07. The highest BCUT2D eigenvalue weighted by atomic mass is 19.2. The van der Waals surface area contributed by atoms with E-state index in [1.54, 1.807) is 0 Å². The molecule has 0 aliphatic heterocycles. The van der Waals surface area contributed by atoms with Crippen LogP contribution in [0.25, 0.3) is 0 Å². The lowest BCUT2D eigenvalue weighted by Crippen LogP contribution is -2.38. The van der Waals surface area contributed by atoms with Gasteiger partial charge in [-0.3, -0.25) is 30.3 Å². The Balaban J connectivity index is 3.27. The molecular weight excluding hydrogens is 241 g/mol. The van der Waals surface area contributed by atoms with Crippen LogP contribution in [-0.2, 0) is 5.92 Å². The molecule has 0 aliphatic carbocycles. The molecule has 9 nitrogen and oxygen atoms in total. The van der Waals surface area contributed by atoms with Gasteiger partial charge in [0.05, 0.1) is 4.92 Å². The zero-order chi connectivity index (χ0) is 13.2. The van der Waals surface area contributed by atoms with Crippen LogP contribution in [0.15, 0.2) is 24.3 Å². The summed E-state index contributed by atoms with van der Waals surface area (Å²) in [6.45, 7) is 0. The van der Waals surface area contributed by atoms with Gasteiger partial charge in [0.1, 0.15) is 15.4 Å². The molecule has 17 heavy (non-hydrogen) atoms. The summed E-state index contributed by atoms with van der Waals surface area (Å²) in [6, 6.07) is 2.75. The summed E-state index contributed by atoms with van der Waals surface area (Å²) < 4.78 is 13.5. The molecule has 1 aromatic rings. The molecule has 0 atom stereocenters. The van der Waals surface area contributed by atoms with Gasteiger partial charge in [-0.2, -0.15) is 0 Å². The maximum absolute atomic E-state index is 13.5. The van der Waals surface area contributed by atoms with Crippen molar-refractivity contribution in [2.45, 2.75) is 5.92 Å². The van der Waals surface area contributed by atoms with E-state index in [1.165, 1.54) is 0 Å². The maximum atomic E-state index is 13.5. The normalized spacial score (nSPS) is 10.9. The number of nitro benzene ring substituents is 1. The van der Waals surface area contributed by atoms with Crippen molar-refractivity contribution in [2.24, 2.45) is 0 Å². The number of halogens is 1. The van der Waals surface area contributed by atoms with Crippen molar-refractivity contribution in [3.05, 3.63) is 60.2 Å². The smallest absolute Gasteiger partial charge is 0.258 e. The first-order chi connectivity index (χ1) is 7.80. The highest BCUT2D eigenvalue weighted by Crippen LogP contribution is 2.28. The van der Waals surface area contributed by atoms with E-state index >= 15 is 0 Å². The summed E-state index contributed by atoms with van der Waals surface area (Å²) in [4.78, 5) is 26.7. The average molecular weight is 245 g/mol. The van der Waals surface area contributed by atoms with Gasteiger partial charge in [-0.15, -0.1) is 0 Å². The molecule has 0 saturated carbocycles. The molecule has 0 heterocycles. The van der Waals surface area contributed by atoms with E-state index in [2.05, 4.69) is 0 Å². The van der Waals surface area contributed by atoms with Crippen molar-refractivity contribution in [3.63, 3.8) is 0 Å². The van der Waals surface area contributed by atoms with Gasteiger partial charge < -0.3 is 0 Å². The summed E-state index contributed by atoms with van der Waals surface area (Å²) in [5.41, 5.74) is -1.35. The van der Waals surface area contributed by atoms with Gasteiger partial charge in [-0.05, 0) is 12.1 Å².